The molecule has 0 unspecified atom stereocenters. The second-order valence-corrected chi connectivity index (χ2v) is 5.94. The van der Waals surface area contributed by atoms with Crippen LogP contribution >= 0.6 is 0 Å². The summed E-state index contributed by atoms with van der Waals surface area (Å²) in [6.07, 6.45) is -0.933. The molecule has 24 heavy (non-hydrogen) atoms. The normalized spacial score (nSPS) is 21.7. The van der Waals surface area contributed by atoms with Crippen LogP contribution in [0.25, 0.3) is 0 Å². The molecule has 8 nitrogen and oxygen atoms in total. The number of likely N-dealkylation sites (tertiary alicyclic amines) is 2. The van der Waals surface area contributed by atoms with Gasteiger partial charge in [-0.15, -0.1) is 0 Å². The third-order valence-corrected chi connectivity index (χ3v) is 4.40. The summed E-state index contributed by atoms with van der Waals surface area (Å²) in [5, 5.41) is 11.5. The molecule has 2 saturated heterocycles. The number of amides is 3. The molecule has 8 heteroatoms. The molecule has 2 N–H and O–H groups in total. The summed E-state index contributed by atoms with van der Waals surface area (Å²) in [7, 11) is 0. The van der Waals surface area contributed by atoms with E-state index in [4.69, 9.17) is 9.84 Å². The first-order chi connectivity index (χ1) is 11.5. The zero-order chi connectivity index (χ0) is 17.1. The smallest absolute Gasteiger partial charge is 0.407 e. The van der Waals surface area contributed by atoms with Gasteiger partial charge in [0.1, 0.15) is 13.2 Å². The lowest BCUT2D eigenvalue weighted by Gasteiger charge is -2.32. The number of carbonyl (C=O) groups is 3. The molecule has 2 atom stereocenters. The zero-order valence-electron chi connectivity index (χ0n) is 13.1. The number of carboxylic acid groups (broad SMARTS) is 1. The molecule has 0 aliphatic carbocycles. The number of nitrogens with zero attached hydrogens (tertiary/aromatic N) is 2. The Morgan fingerprint density at radius 3 is 2.42 bits per heavy atom. The predicted octanol–water partition coefficient (Wildman–Crippen LogP) is 0.876. The van der Waals surface area contributed by atoms with Crippen LogP contribution in [0.5, 0.6) is 0 Å². The number of nitrogens with one attached hydrogen (secondary N) is 1. The van der Waals surface area contributed by atoms with E-state index in [0.717, 1.165) is 5.56 Å². The predicted molar refractivity (Wildman–Crippen MR) is 83.3 cm³/mol. The number of hydrogen-bond donors (Lipinski definition) is 2. The lowest BCUT2D eigenvalue weighted by molar-refractivity contribution is -0.132. The maximum Gasteiger partial charge on any atom is 0.407 e. The molecule has 0 spiro atoms. The van der Waals surface area contributed by atoms with Gasteiger partial charge in [-0.3, -0.25) is 4.79 Å². The van der Waals surface area contributed by atoms with E-state index in [1.54, 1.807) is 4.90 Å². The minimum absolute atomic E-state index is 0.0965. The number of alkyl carbamates (subject to hydrolysis) is 1. The van der Waals surface area contributed by atoms with Crippen LogP contribution in [-0.4, -0.2) is 64.7 Å². The molecular formula is C16H19N3O5. The van der Waals surface area contributed by atoms with Crippen molar-refractivity contribution >= 4 is 18.1 Å². The van der Waals surface area contributed by atoms with Crippen molar-refractivity contribution in [3.05, 3.63) is 35.9 Å². The summed E-state index contributed by atoms with van der Waals surface area (Å²) < 4.78 is 5.04. The highest BCUT2D eigenvalue weighted by atomic mass is 16.5. The molecule has 0 saturated carbocycles. The van der Waals surface area contributed by atoms with Crippen molar-refractivity contribution in [3.63, 3.8) is 0 Å². The highest BCUT2D eigenvalue weighted by molar-refractivity contribution is 5.83. The summed E-state index contributed by atoms with van der Waals surface area (Å²) in [6.45, 7) is 0.716. The fourth-order valence-electron chi connectivity index (χ4n) is 3.23. The van der Waals surface area contributed by atoms with Gasteiger partial charge in [0.15, 0.2) is 0 Å². The Hall–Kier alpha value is -2.77. The highest BCUT2D eigenvalue weighted by Crippen LogP contribution is 2.30. The third kappa shape index (κ3) is 3.42. The van der Waals surface area contributed by atoms with E-state index in [0.29, 0.717) is 19.5 Å². The van der Waals surface area contributed by atoms with E-state index in [9.17, 15) is 14.4 Å². The Kier molecular flexibility index (Phi) is 4.54. The van der Waals surface area contributed by atoms with E-state index in [1.807, 2.05) is 30.3 Å². The number of carbonyl (C=O) groups excluding carboxylic acids is 2. The first kappa shape index (κ1) is 16.1. The maximum atomic E-state index is 12.2. The van der Waals surface area contributed by atoms with Crippen LogP contribution in [-0.2, 0) is 16.1 Å². The Labute approximate surface area is 139 Å². The monoisotopic (exact) mass is 333 g/mol. The average Bonchev–Trinajstić information content (AvgIpc) is 3.19. The largest absolute Gasteiger partial charge is 0.465 e. The molecule has 3 rings (SSSR count). The van der Waals surface area contributed by atoms with Gasteiger partial charge in [0.25, 0.3) is 0 Å². The van der Waals surface area contributed by atoms with Crippen molar-refractivity contribution < 1.29 is 24.2 Å². The van der Waals surface area contributed by atoms with Crippen molar-refractivity contribution in [1.29, 1.82) is 0 Å². The molecule has 3 amide bonds. The highest BCUT2D eigenvalue weighted by Gasteiger charge is 2.46. The second kappa shape index (κ2) is 6.77. The van der Waals surface area contributed by atoms with Gasteiger partial charge in [0.05, 0.1) is 12.1 Å². The second-order valence-electron chi connectivity index (χ2n) is 5.94. The average molecular weight is 333 g/mol. The molecule has 128 valence electrons. The Morgan fingerprint density at radius 2 is 1.79 bits per heavy atom. The fraction of sp³-hybridized carbons (Fsp3) is 0.438. The van der Waals surface area contributed by atoms with E-state index in [-0.39, 0.29) is 31.1 Å². The third-order valence-electron chi connectivity index (χ3n) is 4.40. The van der Waals surface area contributed by atoms with Gasteiger partial charge in [-0.25, -0.2) is 9.59 Å². The molecule has 2 heterocycles. The summed E-state index contributed by atoms with van der Waals surface area (Å²) in [4.78, 5) is 37.9. The van der Waals surface area contributed by atoms with Crippen LogP contribution in [0.4, 0.5) is 9.59 Å². The van der Waals surface area contributed by atoms with Crippen LogP contribution in [0.2, 0.25) is 0 Å². The molecule has 1 aromatic rings. The lowest BCUT2D eigenvalue weighted by Crippen LogP contribution is -2.52. The Morgan fingerprint density at radius 1 is 1.12 bits per heavy atom. The van der Waals surface area contributed by atoms with E-state index >= 15 is 0 Å². The fourth-order valence-corrected chi connectivity index (χ4v) is 3.23. The van der Waals surface area contributed by atoms with Crippen LogP contribution < -0.4 is 5.32 Å². The number of ether oxygens (including phenoxy) is 1. The molecule has 0 aromatic heterocycles. The summed E-state index contributed by atoms with van der Waals surface area (Å²) in [6, 6.07) is 9.02. The van der Waals surface area contributed by atoms with Crippen LogP contribution in [0.15, 0.2) is 30.3 Å². The van der Waals surface area contributed by atoms with Crippen molar-refractivity contribution in [3.8, 4) is 0 Å². The Bertz CT molecular complexity index is 636. The van der Waals surface area contributed by atoms with Gasteiger partial charge in [-0.2, -0.15) is 0 Å². The number of hydrogen-bond acceptors (Lipinski definition) is 4. The number of piperazine rings is 1. The van der Waals surface area contributed by atoms with Crippen molar-refractivity contribution in [1.82, 2.24) is 15.1 Å². The topological polar surface area (TPSA) is 99.2 Å². The summed E-state index contributed by atoms with van der Waals surface area (Å²) in [5.41, 5.74) is 0.865. The van der Waals surface area contributed by atoms with Gasteiger partial charge in [0.2, 0.25) is 5.91 Å². The summed E-state index contributed by atoms with van der Waals surface area (Å²) in [5.74, 6) is -0.218. The lowest BCUT2D eigenvalue weighted by atomic mass is 10.2. The molecule has 2 aliphatic rings. The van der Waals surface area contributed by atoms with Gasteiger partial charge >= 0.3 is 12.2 Å². The standard InChI is InChI=1S/C16H19N3O5/c20-14(18-8-13-6-12(18)9-19(13)16(22)23)7-17-15(21)24-10-11-4-2-1-3-5-11/h1-5,12-13H,6-10H2,(H,17,21)(H,22,23)/t12-,13-/m0/s1. The number of fused-ring (bicyclic) bond motifs is 2. The van der Waals surface area contributed by atoms with E-state index in [2.05, 4.69) is 5.32 Å². The van der Waals surface area contributed by atoms with Crippen molar-refractivity contribution in [2.75, 3.05) is 19.6 Å². The molecule has 1 aromatic carbocycles. The van der Waals surface area contributed by atoms with Gasteiger partial charge in [0, 0.05) is 13.1 Å². The van der Waals surface area contributed by atoms with Crippen LogP contribution in [0, 0.1) is 0 Å². The van der Waals surface area contributed by atoms with Crippen molar-refractivity contribution in [2.45, 2.75) is 25.1 Å². The molecule has 0 radical (unpaired) electrons. The zero-order valence-corrected chi connectivity index (χ0v) is 13.1. The molecule has 2 aliphatic heterocycles. The minimum atomic E-state index is -0.947. The molecule has 2 bridgehead atoms. The first-order valence-electron chi connectivity index (χ1n) is 7.78. The van der Waals surface area contributed by atoms with Gasteiger partial charge in [-0.05, 0) is 12.0 Å². The van der Waals surface area contributed by atoms with Gasteiger partial charge < -0.3 is 25.0 Å². The van der Waals surface area contributed by atoms with E-state index < -0.39 is 12.2 Å². The number of rotatable bonds is 4. The molecular weight excluding hydrogens is 314 g/mol. The molecule has 2 fully saturated rings. The first-order valence-corrected chi connectivity index (χ1v) is 7.78. The van der Waals surface area contributed by atoms with Crippen molar-refractivity contribution in [2.24, 2.45) is 0 Å². The summed E-state index contributed by atoms with van der Waals surface area (Å²) >= 11 is 0. The quantitative estimate of drug-likeness (QED) is 0.852. The van der Waals surface area contributed by atoms with E-state index in [1.165, 1.54) is 4.90 Å². The van der Waals surface area contributed by atoms with Gasteiger partial charge in [-0.1, -0.05) is 30.3 Å². The SMILES string of the molecule is O=C(NCC(=O)N1C[C@@H]2C[C@H]1CN2C(=O)O)OCc1ccccc1. The van der Waals surface area contributed by atoms with Crippen LogP contribution in [0.3, 0.4) is 0 Å². The minimum Gasteiger partial charge on any atom is -0.465 e. The Balaban J connectivity index is 1.40. The maximum absolute atomic E-state index is 12.2. The van der Waals surface area contributed by atoms with Crippen LogP contribution in [0.1, 0.15) is 12.0 Å². The number of benzene rings is 1.